The zero-order valence-electron chi connectivity index (χ0n) is 47.5. The van der Waals surface area contributed by atoms with Gasteiger partial charge >= 0.3 is 12.2 Å². The average molecular weight is 1100 g/mol. The third kappa shape index (κ3) is 18.2. The zero-order valence-corrected chi connectivity index (χ0v) is 47.5. The highest BCUT2D eigenvalue weighted by Gasteiger charge is 2.53. The summed E-state index contributed by atoms with van der Waals surface area (Å²) in [6.45, 7) is 16.7. The second-order valence-corrected chi connectivity index (χ2v) is 22.2. The molecule has 0 aliphatic carbocycles. The van der Waals surface area contributed by atoms with Crippen LogP contribution in [-0.4, -0.2) is 190 Å². The lowest BCUT2D eigenvalue weighted by Crippen LogP contribution is -2.67. The van der Waals surface area contributed by atoms with E-state index in [9.17, 15) is 54.9 Å². The van der Waals surface area contributed by atoms with Crippen molar-refractivity contribution in [3.05, 3.63) is 22.3 Å². The number of nitrogens with zero attached hydrogens (tertiary/aromatic N) is 2. The summed E-state index contributed by atoms with van der Waals surface area (Å²) < 4.78 is 45.2. The fourth-order valence-electron chi connectivity index (χ4n) is 10.6. The van der Waals surface area contributed by atoms with E-state index in [-0.39, 0.29) is 58.0 Å². The van der Waals surface area contributed by atoms with Crippen molar-refractivity contribution in [3.8, 4) is 11.5 Å². The van der Waals surface area contributed by atoms with Crippen LogP contribution in [0.4, 0.5) is 9.59 Å². The number of aliphatic hydroxyl groups is 7. The lowest BCUT2D eigenvalue weighted by Gasteiger charge is -2.45. The summed E-state index contributed by atoms with van der Waals surface area (Å²) in [7, 11) is 1.47. The number of amides is 4. The number of hydrogen-bond donors (Lipinski definition) is 7. The highest BCUT2D eigenvalue weighted by Crippen LogP contribution is 2.45. The van der Waals surface area contributed by atoms with E-state index in [2.05, 4.69) is 34.6 Å². The molecular formula is C56H94N2O19. The highest BCUT2D eigenvalue weighted by atomic mass is 16.6. The van der Waals surface area contributed by atoms with Gasteiger partial charge in [0.15, 0.2) is 12.6 Å². The molecule has 1 aromatic rings. The number of carbonyl (C=O) groups excluding carboxylic acids is 4. The minimum Gasteiger partial charge on any atom is -0.487 e. The third-order valence-corrected chi connectivity index (χ3v) is 15.5. The van der Waals surface area contributed by atoms with Crippen LogP contribution in [0.15, 0.2) is 0 Å². The van der Waals surface area contributed by atoms with E-state index in [1.54, 1.807) is 13.8 Å². The quantitative estimate of drug-likeness (QED) is 0.0481. The molecule has 442 valence electrons. The van der Waals surface area contributed by atoms with E-state index < -0.39 is 111 Å². The van der Waals surface area contributed by atoms with Gasteiger partial charge in [0.25, 0.3) is 0 Å². The number of rotatable bonds is 30. The molecule has 2 fully saturated rings. The van der Waals surface area contributed by atoms with Crippen LogP contribution in [0.2, 0.25) is 0 Å². The lowest BCUT2D eigenvalue weighted by molar-refractivity contribution is -0.275. The topological polar surface area (TPSA) is 290 Å². The van der Waals surface area contributed by atoms with Gasteiger partial charge in [0.2, 0.25) is 11.8 Å². The number of hydrogen-bond acceptors (Lipinski definition) is 19. The van der Waals surface area contributed by atoms with Crippen molar-refractivity contribution < 1.29 is 92.8 Å². The third-order valence-electron chi connectivity index (χ3n) is 15.5. The van der Waals surface area contributed by atoms with Gasteiger partial charge in [0.1, 0.15) is 72.4 Å². The van der Waals surface area contributed by atoms with Crippen LogP contribution in [0.1, 0.15) is 154 Å². The van der Waals surface area contributed by atoms with Crippen molar-refractivity contribution in [3.63, 3.8) is 0 Å². The molecule has 4 amide bonds. The van der Waals surface area contributed by atoms with Crippen molar-refractivity contribution >= 4 is 24.0 Å². The standard InChI is InChI=1S/C56H94N2O19/c1-11-16-42(61)58(55(69)76-49-36(6)37(7)50-39(38(49)8)23-25-56(9,77-50)24-14-21-35(5)20-13-19-34(4)18-12-17-33(2)3)45-48(65)51(41(32-60)75-53(45)67)72-26-15-22-43(62)57(54(68)73-30-29-71-28-27-70-10)44-47(64)46(63)40(31-59)74-52(44)66/h33-35,40-41,44-48,51-53,59-60,63-67H,11-32H2,1-10H3/t34-,35-,40-,41-,44-,45-,46-,47-,48-,51-,52?,53?,56-/m1/s1. The van der Waals surface area contributed by atoms with Crippen LogP contribution >= 0.6 is 0 Å². The Kier molecular flexibility index (Phi) is 27.4. The molecule has 3 heterocycles. The van der Waals surface area contributed by atoms with Crippen molar-refractivity contribution in [2.45, 2.75) is 226 Å². The molecule has 3 aliphatic heterocycles. The second-order valence-electron chi connectivity index (χ2n) is 22.2. The van der Waals surface area contributed by atoms with Crippen molar-refractivity contribution in [2.24, 2.45) is 17.8 Å². The average Bonchev–Trinajstić information content (AvgIpc) is 3.38. The first-order chi connectivity index (χ1) is 36.6. The monoisotopic (exact) mass is 1100 g/mol. The minimum atomic E-state index is -2.05. The van der Waals surface area contributed by atoms with Gasteiger partial charge in [0.05, 0.1) is 33.0 Å². The van der Waals surface area contributed by atoms with Crippen LogP contribution < -0.4 is 9.47 Å². The van der Waals surface area contributed by atoms with E-state index >= 15 is 0 Å². The molecule has 21 nitrogen and oxygen atoms in total. The Bertz CT molecular complexity index is 2010. The first-order valence-electron chi connectivity index (χ1n) is 28.0. The summed E-state index contributed by atoms with van der Waals surface area (Å²) in [5.74, 6) is 1.29. The molecule has 0 aromatic heterocycles. The van der Waals surface area contributed by atoms with E-state index in [4.69, 9.17) is 37.9 Å². The smallest absolute Gasteiger partial charge is 0.422 e. The van der Waals surface area contributed by atoms with Crippen molar-refractivity contribution in [1.29, 1.82) is 0 Å². The Morgan fingerprint density at radius 1 is 0.675 bits per heavy atom. The molecule has 21 heteroatoms. The maximum absolute atomic E-state index is 14.4. The molecule has 0 spiro atoms. The van der Waals surface area contributed by atoms with Gasteiger partial charge in [-0.1, -0.05) is 79.6 Å². The number of methoxy groups -OCH3 is 1. The SMILES string of the molecule is CCCC(=O)N(C(=O)Oc1c(C)c(C)c2c(c1C)CC[C@@](C)(CCC[C@H](C)CCC[C@H](C)CCCC(C)C)O2)[C@H]1C(O)O[C@H](CO)[C@@H](OCCCC(=O)N(C(=O)OCCOCCOC)[C@H]2C(O)O[C@H](CO)[C@@H](O)[C@@H]2O)[C@@H]1O. The minimum absolute atomic E-state index is 0.0976. The largest absolute Gasteiger partial charge is 0.487 e. The fraction of sp³-hybridized carbons (Fsp3) is 0.821. The molecular weight excluding hydrogens is 1000 g/mol. The maximum atomic E-state index is 14.4. The van der Waals surface area contributed by atoms with Gasteiger partial charge in [-0.2, -0.15) is 0 Å². The summed E-state index contributed by atoms with van der Waals surface area (Å²) in [5.41, 5.74) is 2.52. The Balaban J connectivity index is 1.45. The highest BCUT2D eigenvalue weighted by molar-refractivity contribution is 5.94. The van der Waals surface area contributed by atoms with Gasteiger partial charge in [0, 0.05) is 32.1 Å². The van der Waals surface area contributed by atoms with E-state index in [1.807, 2.05) is 13.8 Å². The first-order valence-corrected chi connectivity index (χ1v) is 28.0. The van der Waals surface area contributed by atoms with Gasteiger partial charge in [-0.25, -0.2) is 19.4 Å². The summed E-state index contributed by atoms with van der Waals surface area (Å²) in [5, 5.41) is 75.4. The summed E-state index contributed by atoms with van der Waals surface area (Å²) in [6, 6.07) is -3.67. The lowest BCUT2D eigenvalue weighted by atomic mass is 9.83. The fourth-order valence-corrected chi connectivity index (χ4v) is 10.6. The molecule has 0 bridgehead atoms. The predicted octanol–water partition coefficient (Wildman–Crippen LogP) is 5.29. The number of benzene rings is 1. The molecule has 3 aliphatic rings. The molecule has 1 aromatic carbocycles. The van der Waals surface area contributed by atoms with Gasteiger partial charge in [-0.05, 0) is 101 Å². The molecule has 77 heavy (non-hydrogen) atoms. The first kappa shape index (κ1) is 65.9. The summed E-state index contributed by atoms with van der Waals surface area (Å²) >= 11 is 0. The molecule has 2 unspecified atom stereocenters. The number of ether oxygens (including phenoxy) is 8. The van der Waals surface area contributed by atoms with Gasteiger partial charge < -0.3 is 73.6 Å². The van der Waals surface area contributed by atoms with E-state index in [0.717, 1.165) is 54.4 Å². The molecule has 4 rings (SSSR count). The van der Waals surface area contributed by atoms with Crippen LogP contribution in [0.3, 0.4) is 0 Å². The number of aliphatic hydroxyl groups excluding tert-OH is 7. The Hall–Kier alpha value is -3.58. The second kappa shape index (κ2) is 32.0. The maximum Gasteiger partial charge on any atom is 0.422 e. The molecule has 0 saturated carbocycles. The van der Waals surface area contributed by atoms with Gasteiger partial charge in [-0.3, -0.25) is 9.59 Å². The molecule has 7 N–H and O–H groups in total. The number of carbonyl (C=O) groups is 4. The van der Waals surface area contributed by atoms with Crippen LogP contribution in [0, 0.1) is 38.5 Å². The van der Waals surface area contributed by atoms with Crippen LogP contribution in [0.5, 0.6) is 11.5 Å². The number of imide groups is 2. The molecule has 2 saturated heterocycles. The Labute approximate surface area is 455 Å². The van der Waals surface area contributed by atoms with Crippen molar-refractivity contribution in [2.75, 3.05) is 53.4 Å². The molecule has 13 atom stereocenters. The van der Waals surface area contributed by atoms with Crippen LogP contribution in [0.25, 0.3) is 0 Å². The Morgan fingerprint density at radius 2 is 1.25 bits per heavy atom. The summed E-state index contributed by atoms with van der Waals surface area (Å²) in [6.07, 6.45) is -5.10. The molecule has 0 radical (unpaired) electrons. The Morgan fingerprint density at radius 3 is 1.86 bits per heavy atom. The van der Waals surface area contributed by atoms with Gasteiger partial charge in [-0.15, -0.1) is 0 Å². The summed E-state index contributed by atoms with van der Waals surface area (Å²) in [4.78, 5) is 56.5. The van der Waals surface area contributed by atoms with E-state index in [1.165, 1.54) is 45.6 Å². The number of fused-ring (bicyclic) bond motifs is 1. The van der Waals surface area contributed by atoms with Crippen molar-refractivity contribution in [1.82, 2.24) is 9.80 Å². The zero-order chi connectivity index (χ0) is 57.1. The van der Waals surface area contributed by atoms with Crippen LogP contribution in [-0.2, 0) is 44.4 Å². The normalized spacial score (nSPS) is 27.1. The predicted molar refractivity (Wildman–Crippen MR) is 282 cm³/mol. The van der Waals surface area contributed by atoms with E-state index in [0.29, 0.717) is 33.3 Å².